The lowest BCUT2D eigenvalue weighted by Gasteiger charge is -2.10. The van der Waals surface area contributed by atoms with E-state index in [0.29, 0.717) is 5.69 Å². The van der Waals surface area contributed by atoms with Crippen LogP contribution in [0.1, 0.15) is 13.8 Å². The van der Waals surface area contributed by atoms with Gasteiger partial charge in [-0.15, -0.1) is 10.2 Å². The molecule has 7 nitrogen and oxygen atoms in total. The van der Waals surface area contributed by atoms with Crippen molar-refractivity contribution < 1.29 is 13.2 Å². The molecule has 0 aliphatic carbocycles. The Morgan fingerprint density at radius 2 is 1.92 bits per heavy atom. The van der Waals surface area contributed by atoms with Gasteiger partial charge in [-0.2, -0.15) is 0 Å². The summed E-state index contributed by atoms with van der Waals surface area (Å²) in [5, 5.41) is 15.5. The molecule has 1 atom stereocenters. The number of thioether (sulfide) groups is 2. The number of sulfonamides is 1. The van der Waals surface area contributed by atoms with E-state index in [2.05, 4.69) is 15.5 Å². The molecular weight excluding hydrogens is 388 g/mol. The van der Waals surface area contributed by atoms with E-state index >= 15 is 0 Å². The van der Waals surface area contributed by atoms with Gasteiger partial charge in [0.05, 0.1) is 10.1 Å². The van der Waals surface area contributed by atoms with Gasteiger partial charge >= 0.3 is 0 Å². The fraction of sp³-hybridized carbons (Fsp3) is 0.308. The lowest BCUT2D eigenvalue weighted by Crippen LogP contribution is -2.22. The lowest BCUT2D eigenvalue weighted by atomic mass is 10.3. The zero-order valence-electron chi connectivity index (χ0n) is 12.9. The molecule has 11 heteroatoms. The third-order valence-electron chi connectivity index (χ3n) is 2.75. The summed E-state index contributed by atoms with van der Waals surface area (Å²) in [6, 6.07) is 5.69. The molecule has 1 aromatic heterocycles. The standard InChI is InChI=1S/C13H16N4O3S4/c1-3-21-12-16-17-13(23-12)22-8(2)11(18)15-9-4-6-10(7-5-9)24(14,19)20/h4-8H,3H2,1-2H3,(H,15,18)(H2,14,19,20)/t8-/m1/s1. The van der Waals surface area contributed by atoms with Crippen LogP contribution in [0.15, 0.2) is 37.8 Å². The van der Waals surface area contributed by atoms with Crippen LogP contribution < -0.4 is 10.5 Å². The largest absolute Gasteiger partial charge is 0.325 e. The Morgan fingerprint density at radius 3 is 2.50 bits per heavy atom. The number of hydrogen-bond donors (Lipinski definition) is 2. The topological polar surface area (TPSA) is 115 Å². The Balaban J connectivity index is 1.95. The van der Waals surface area contributed by atoms with Crippen molar-refractivity contribution in [2.45, 2.75) is 32.7 Å². The molecule has 0 saturated heterocycles. The molecule has 1 aromatic carbocycles. The number of carbonyl (C=O) groups excluding carboxylic acids is 1. The molecular formula is C13H16N4O3S4. The summed E-state index contributed by atoms with van der Waals surface area (Å²) < 4.78 is 24.0. The SMILES string of the molecule is CCSc1nnc(S[C@H](C)C(=O)Nc2ccc(S(N)(=O)=O)cc2)s1. The first-order chi connectivity index (χ1) is 11.3. The second kappa shape index (κ2) is 8.30. The molecule has 0 radical (unpaired) electrons. The molecule has 1 amide bonds. The van der Waals surface area contributed by atoms with Crippen LogP contribution in [0.3, 0.4) is 0 Å². The average Bonchev–Trinajstić information content (AvgIpc) is 2.94. The first-order valence-corrected chi connectivity index (χ1v) is 11.1. The van der Waals surface area contributed by atoms with E-state index in [0.717, 1.165) is 14.4 Å². The molecule has 3 N–H and O–H groups in total. The smallest absolute Gasteiger partial charge is 0.238 e. The molecule has 24 heavy (non-hydrogen) atoms. The van der Waals surface area contributed by atoms with Gasteiger partial charge in [-0.3, -0.25) is 4.79 Å². The van der Waals surface area contributed by atoms with E-state index in [4.69, 9.17) is 5.14 Å². The third-order valence-corrected chi connectivity index (χ3v) is 6.81. The van der Waals surface area contributed by atoms with Gasteiger partial charge in [0, 0.05) is 5.69 Å². The molecule has 0 unspecified atom stereocenters. The molecule has 0 fully saturated rings. The van der Waals surface area contributed by atoms with Crippen LogP contribution in [-0.4, -0.2) is 35.5 Å². The first-order valence-electron chi connectivity index (χ1n) is 6.86. The van der Waals surface area contributed by atoms with Gasteiger partial charge in [-0.1, -0.05) is 41.8 Å². The Bertz CT molecular complexity index is 805. The number of aromatic nitrogens is 2. The third kappa shape index (κ3) is 5.45. The van der Waals surface area contributed by atoms with Crippen LogP contribution in [0.4, 0.5) is 5.69 Å². The van der Waals surface area contributed by atoms with Crippen molar-refractivity contribution in [3.8, 4) is 0 Å². The molecule has 0 spiro atoms. The molecule has 1 heterocycles. The monoisotopic (exact) mass is 404 g/mol. The minimum Gasteiger partial charge on any atom is -0.325 e. The number of rotatable bonds is 7. The van der Waals surface area contributed by atoms with Crippen LogP contribution in [0.25, 0.3) is 0 Å². The zero-order valence-corrected chi connectivity index (χ0v) is 16.2. The second-order valence-corrected chi connectivity index (χ2v) is 10.2. The Labute approximate surface area is 152 Å². The van der Waals surface area contributed by atoms with E-state index in [1.807, 2.05) is 6.92 Å². The highest BCUT2D eigenvalue weighted by Crippen LogP contribution is 2.31. The minimum absolute atomic E-state index is 0.00210. The van der Waals surface area contributed by atoms with Crippen molar-refractivity contribution in [3.05, 3.63) is 24.3 Å². The van der Waals surface area contributed by atoms with E-state index in [9.17, 15) is 13.2 Å². The van der Waals surface area contributed by atoms with Crippen molar-refractivity contribution in [1.29, 1.82) is 0 Å². The van der Waals surface area contributed by atoms with E-state index in [1.165, 1.54) is 47.4 Å². The fourth-order valence-electron chi connectivity index (χ4n) is 1.60. The van der Waals surface area contributed by atoms with Crippen LogP contribution >= 0.6 is 34.9 Å². The summed E-state index contributed by atoms with van der Waals surface area (Å²) in [6.45, 7) is 3.81. The van der Waals surface area contributed by atoms with E-state index < -0.39 is 10.0 Å². The molecule has 2 rings (SSSR count). The van der Waals surface area contributed by atoms with Gasteiger partial charge in [0.25, 0.3) is 0 Å². The van der Waals surface area contributed by atoms with Gasteiger partial charge in [0.2, 0.25) is 15.9 Å². The highest BCUT2D eigenvalue weighted by Gasteiger charge is 2.17. The summed E-state index contributed by atoms with van der Waals surface area (Å²) in [4.78, 5) is 12.2. The average molecular weight is 405 g/mol. The van der Waals surface area contributed by atoms with Gasteiger partial charge in [-0.25, -0.2) is 13.6 Å². The van der Waals surface area contributed by atoms with Crippen molar-refractivity contribution in [1.82, 2.24) is 10.2 Å². The summed E-state index contributed by atoms with van der Waals surface area (Å²) in [5.74, 6) is 0.715. The predicted octanol–water partition coefficient (Wildman–Crippen LogP) is 2.42. The molecule has 0 aliphatic heterocycles. The van der Waals surface area contributed by atoms with Crippen molar-refractivity contribution in [2.24, 2.45) is 5.14 Å². The van der Waals surface area contributed by atoms with Crippen molar-refractivity contribution in [3.63, 3.8) is 0 Å². The molecule has 0 saturated carbocycles. The normalized spacial score (nSPS) is 12.8. The molecule has 130 valence electrons. The number of nitrogens with zero attached hydrogens (tertiary/aromatic N) is 2. The quantitative estimate of drug-likeness (QED) is 0.681. The van der Waals surface area contributed by atoms with Crippen molar-refractivity contribution >= 4 is 56.5 Å². The Hall–Kier alpha value is -1.14. The van der Waals surface area contributed by atoms with Crippen LogP contribution in [0.2, 0.25) is 0 Å². The maximum absolute atomic E-state index is 12.2. The van der Waals surface area contributed by atoms with Gasteiger partial charge in [0.15, 0.2) is 8.68 Å². The minimum atomic E-state index is -3.74. The number of nitrogens with one attached hydrogen (secondary N) is 1. The Morgan fingerprint density at radius 1 is 1.29 bits per heavy atom. The number of nitrogens with two attached hydrogens (primary N) is 1. The number of amides is 1. The fourth-order valence-corrected chi connectivity index (χ4v) is 5.18. The van der Waals surface area contributed by atoms with Crippen molar-refractivity contribution in [2.75, 3.05) is 11.1 Å². The highest BCUT2D eigenvalue weighted by molar-refractivity contribution is 8.03. The molecule has 2 aromatic rings. The van der Waals surface area contributed by atoms with E-state index in [1.54, 1.807) is 18.7 Å². The number of primary sulfonamides is 1. The molecule has 0 bridgehead atoms. The van der Waals surface area contributed by atoms with Gasteiger partial charge < -0.3 is 5.32 Å². The predicted molar refractivity (Wildman–Crippen MR) is 98.1 cm³/mol. The number of benzene rings is 1. The molecule has 0 aliphatic rings. The van der Waals surface area contributed by atoms with Gasteiger partial charge in [-0.05, 0) is 36.9 Å². The number of carbonyl (C=O) groups is 1. The van der Waals surface area contributed by atoms with Gasteiger partial charge in [0.1, 0.15) is 0 Å². The van der Waals surface area contributed by atoms with Crippen LogP contribution in [-0.2, 0) is 14.8 Å². The summed E-state index contributed by atoms with van der Waals surface area (Å²) in [7, 11) is -3.74. The highest BCUT2D eigenvalue weighted by atomic mass is 32.2. The number of hydrogen-bond acceptors (Lipinski definition) is 8. The zero-order chi connectivity index (χ0) is 17.7. The maximum atomic E-state index is 12.2. The maximum Gasteiger partial charge on any atom is 0.238 e. The van der Waals surface area contributed by atoms with Crippen LogP contribution in [0.5, 0.6) is 0 Å². The van der Waals surface area contributed by atoms with Crippen LogP contribution in [0, 0.1) is 0 Å². The first kappa shape index (κ1) is 19.2. The second-order valence-electron chi connectivity index (χ2n) is 4.59. The van der Waals surface area contributed by atoms with E-state index in [-0.39, 0.29) is 16.1 Å². The lowest BCUT2D eigenvalue weighted by molar-refractivity contribution is -0.115. The number of anilines is 1. The summed E-state index contributed by atoms with van der Waals surface area (Å²) >= 11 is 4.40. The summed E-state index contributed by atoms with van der Waals surface area (Å²) in [5.41, 5.74) is 0.499. The summed E-state index contributed by atoms with van der Waals surface area (Å²) in [6.07, 6.45) is 0. The Kier molecular flexibility index (Phi) is 6.63.